The number of anilines is 1. The van der Waals surface area contributed by atoms with Gasteiger partial charge in [-0.1, -0.05) is 11.6 Å². The Morgan fingerprint density at radius 1 is 1.62 bits per heavy atom. The van der Waals surface area contributed by atoms with E-state index in [1.165, 1.54) is 0 Å². The van der Waals surface area contributed by atoms with Crippen LogP contribution in [0.25, 0.3) is 0 Å². The Balaban J connectivity index is 3.35. The van der Waals surface area contributed by atoms with Crippen molar-refractivity contribution < 1.29 is 8.78 Å². The van der Waals surface area contributed by atoms with Gasteiger partial charge in [0.05, 0.1) is 5.69 Å². The molecular weight excluding hydrogens is 200 g/mol. The van der Waals surface area contributed by atoms with E-state index < -0.39 is 12.0 Å². The molecule has 6 heteroatoms. The van der Waals surface area contributed by atoms with Crippen LogP contribution in [0.3, 0.4) is 0 Å². The van der Waals surface area contributed by atoms with Crippen molar-refractivity contribution in [3.05, 3.63) is 22.5 Å². The fourth-order valence-electron chi connectivity index (χ4n) is 0.780. The van der Waals surface area contributed by atoms with Gasteiger partial charge in [-0.05, 0) is 6.07 Å². The number of nitrogens with two attached hydrogens (primary N) is 1. The van der Waals surface area contributed by atoms with Crippen LogP contribution in [-0.2, 0) is 0 Å². The van der Waals surface area contributed by atoms with E-state index in [4.69, 9.17) is 22.6 Å². The molecule has 0 spiro atoms. The Hall–Kier alpha value is -1.41. The van der Waals surface area contributed by atoms with E-state index in [0.29, 0.717) is 0 Å². The molecule has 0 aliphatic heterocycles. The first-order valence-corrected chi connectivity index (χ1v) is 3.58. The van der Waals surface area contributed by atoms with Gasteiger partial charge in [-0.25, -0.2) is 13.8 Å². The minimum atomic E-state index is -2.76. The number of hydrogen-bond acceptors (Lipinski definition) is 3. The molecule has 68 valence electrons. The van der Waals surface area contributed by atoms with E-state index in [2.05, 4.69) is 4.98 Å². The summed E-state index contributed by atoms with van der Waals surface area (Å²) in [6.07, 6.45) is -2.76. The first-order valence-electron chi connectivity index (χ1n) is 3.20. The zero-order valence-electron chi connectivity index (χ0n) is 6.26. The molecule has 2 N–H and O–H groups in total. The number of halogens is 3. The summed E-state index contributed by atoms with van der Waals surface area (Å²) in [6.45, 7) is 0. The number of nitrogens with zero attached hydrogens (tertiary/aromatic N) is 2. The maximum Gasteiger partial charge on any atom is 0.266 e. The summed E-state index contributed by atoms with van der Waals surface area (Å²) in [6, 6.07) is 2.53. The SMILES string of the molecule is N#Cc1cc(C(F)F)c(N)c(Cl)n1. The molecule has 3 nitrogen and oxygen atoms in total. The lowest BCUT2D eigenvalue weighted by atomic mass is 10.2. The number of alkyl halides is 2. The standard InChI is InChI=1S/C7H4ClF2N3/c8-6-5(12)4(7(9)10)1-3(2-11)13-6/h1,7H,12H2. The minimum Gasteiger partial charge on any atom is -0.396 e. The van der Waals surface area contributed by atoms with Gasteiger partial charge in [0, 0.05) is 5.56 Å². The largest absolute Gasteiger partial charge is 0.396 e. The molecule has 0 saturated heterocycles. The third kappa shape index (κ3) is 1.84. The summed E-state index contributed by atoms with van der Waals surface area (Å²) in [5.74, 6) is 0. The first-order chi connectivity index (χ1) is 6.06. The second-order valence-electron chi connectivity index (χ2n) is 2.21. The lowest BCUT2D eigenvalue weighted by Gasteiger charge is -2.05. The highest BCUT2D eigenvalue weighted by molar-refractivity contribution is 6.32. The van der Waals surface area contributed by atoms with Gasteiger partial charge in [0.15, 0.2) is 5.15 Å². The summed E-state index contributed by atoms with van der Waals surface area (Å²) in [5.41, 5.74) is 4.31. The van der Waals surface area contributed by atoms with E-state index in [9.17, 15) is 8.78 Å². The zero-order chi connectivity index (χ0) is 10.0. The van der Waals surface area contributed by atoms with Crippen LogP contribution in [0.15, 0.2) is 6.07 Å². The van der Waals surface area contributed by atoms with Gasteiger partial charge in [-0.3, -0.25) is 0 Å². The summed E-state index contributed by atoms with van der Waals surface area (Å²) in [7, 11) is 0. The van der Waals surface area contributed by atoms with Crippen molar-refractivity contribution in [2.24, 2.45) is 0 Å². The van der Waals surface area contributed by atoms with Crippen LogP contribution in [0.4, 0.5) is 14.5 Å². The molecule has 1 aromatic rings. The molecule has 0 aliphatic carbocycles. The van der Waals surface area contributed by atoms with E-state index in [1.807, 2.05) is 0 Å². The molecule has 0 fully saturated rings. The van der Waals surface area contributed by atoms with Crippen LogP contribution in [0, 0.1) is 11.3 Å². The van der Waals surface area contributed by atoms with Gasteiger partial charge in [0.25, 0.3) is 6.43 Å². The van der Waals surface area contributed by atoms with E-state index in [-0.39, 0.29) is 16.5 Å². The van der Waals surface area contributed by atoms with Crippen molar-refractivity contribution in [2.45, 2.75) is 6.43 Å². The van der Waals surface area contributed by atoms with E-state index >= 15 is 0 Å². The second-order valence-corrected chi connectivity index (χ2v) is 2.57. The molecule has 1 aromatic heterocycles. The van der Waals surface area contributed by atoms with Crippen LogP contribution in [0.5, 0.6) is 0 Å². The highest BCUT2D eigenvalue weighted by Crippen LogP contribution is 2.29. The normalized spacial score (nSPS) is 10.1. The molecule has 0 bridgehead atoms. The zero-order valence-corrected chi connectivity index (χ0v) is 7.02. The van der Waals surface area contributed by atoms with Crippen molar-refractivity contribution in [2.75, 3.05) is 5.73 Å². The van der Waals surface area contributed by atoms with Gasteiger partial charge < -0.3 is 5.73 Å². The van der Waals surface area contributed by atoms with Crippen molar-refractivity contribution in [1.82, 2.24) is 4.98 Å². The molecule has 0 aromatic carbocycles. The molecule has 0 saturated carbocycles. The Morgan fingerprint density at radius 2 is 2.23 bits per heavy atom. The van der Waals surface area contributed by atoms with Gasteiger partial charge in [-0.15, -0.1) is 0 Å². The molecule has 13 heavy (non-hydrogen) atoms. The number of rotatable bonds is 1. The molecule has 0 atom stereocenters. The summed E-state index contributed by atoms with van der Waals surface area (Å²) in [5, 5.41) is 8.13. The fraction of sp³-hybridized carbons (Fsp3) is 0.143. The van der Waals surface area contributed by atoms with E-state index in [1.54, 1.807) is 6.07 Å². The van der Waals surface area contributed by atoms with Crippen molar-refractivity contribution >= 4 is 17.3 Å². The minimum absolute atomic E-state index is 0.172. The number of hydrogen-bond donors (Lipinski definition) is 1. The summed E-state index contributed by atoms with van der Waals surface area (Å²) >= 11 is 5.42. The number of aromatic nitrogens is 1. The number of nitriles is 1. The quantitative estimate of drug-likeness (QED) is 0.711. The lowest BCUT2D eigenvalue weighted by Crippen LogP contribution is -1.99. The molecule has 0 unspecified atom stereocenters. The maximum atomic E-state index is 12.2. The summed E-state index contributed by atoms with van der Waals surface area (Å²) in [4.78, 5) is 3.48. The first kappa shape index (κ1) is 9.68. The monoisotopic (exact) mass is 203 g/mol. The van der Waals surface area contributed by atoms with Crippen LogP contribution >= 0.6 is 11.6 Å². The van der Waals surface area contributed by atoms with Crippen LogP contribution in [-0.4, -0.2) is 4.98 Å². The predicted molar refractivity (Wildman–Crippen MR) is 43.3 cm³/mol. The molecular formula is C7H4ClF2N3. The lowest BCUT2D eigenvalue weighted by molar-refractivity contribution is 0.152. The topological polar surface area (TPSA) is 62.7 Å². The van der Waals surface area contributed by atoms with E-state index in [0.717, 1.165) is 6.07 Å². The molecule has 0 aliphatic rings. The maximum absolute atomic E-state index is 12.2. The smallest absolute Gasteiger partial charge is 0.266 e. The van der Waals surface area contributed by atoms with Crippen molar-refractivity contribution in [3.8, 4) is 6.07 Å². The molecule has 0 radical (unpaired) electrons. The van der Waals surface area contributed by atoms with Gasteiger partial charge in [-0.2, -0.15) is 5.26 Å². The van der Waals surface area contributed by atoms with Gasteiger partial charge >= 0.3 is 0 Å². The highest BCUT2D eigenvalue weighted by Gasteiger charge is 2.15. The average molecular weight is 204 g/mol. The predicted octanol–water partition coefficient (Wildman–Crippen LogP) is 2.13. The van der Waals surface area contributed by atoms with Crippen LogP contribution in [0.2, 0.25) is 5.15 Å². The van der Waals surface area contributed by atoms with Crippen LogP contribution < -0.4 is 5.73 Å². The van der Waals surface area contributed by atoms with Crippen LogP contribution in [0.1, 0.15) is 17.7 Å². The highest BCUT2D eigenvalue weighted by atomic mass is 35.5. The van der Waals surface area contributed by atoms with Gasteiger partial charge in [0.2, 0.25) is 0 Å². The Labute approximate surface area is 77.7 Å². The third-order valence-corrected chi connectivity index (χ3v) is 1.68. The number of nitrogen functional groups attached to an aromatic ring is 1. The summed E-state index contributed by atoms with van der Waals surface area (Å²) < 4.78 is 24.5. The second kappa shape index (κ2) is 3.54. The Bertz CT molecular complexity index is 373. The Morgan fingerprint density at radius 3 is 2.69 bits per heavy atom. The van der Waals surface area contributed by atoms with Crippen molar-refractivity contribution in [1.29, 1.82) is 5.26 Å². The fourth-order valence-corrected chi connectivity index (χ4v) is 0.980. The molecule has 1 heterocycles. The van der Waals surface area contributed by atoms with Crippen molar-refractivity contribution in [3.63, 3.8) is 0 Å². The van der Waals surface area contributed by atoms with Gasteiger partial charge in [0.1, 0.15) is 11.8 Å². The average Bonchev–Trinajstić information content (AvgIpc) is 2.09. The number of pyridine rings is 1. The Kier molecular flexibility index (Phi) is 2.63. The molecule has 0 amide bonds. The third-order valence-electron chi connectivity index (χ3n) is 1.39. The molecule has 1 rings (SSSR count).